The van der Waals surface area contributed by atoms with Crippen LogP contribution in [0.5, 0.6) is 0 Å². The van der Waals surface area contributed by atoms with Crippen LogP contribution in [-0.4, -0.2) is 54.4 Å². The first-order valence-electron chi connectivity index (χ1n) is 15.6. The van der Waals surface area contributed by atoms with Crippen molar-refractivity contribution in [3.05, 3.63) is 35.9 Å². The first-order valence-corrected chi connectivity index (χ1v) is 15.6. The minimum absolute atomic E-state index is 0.0600. The topological polar surface area (TPSA) is 98.3 Å². The van der Waals surface area contributed by atoms with Gasteiger partial charge in [-0.15, -0.1) is 0 Å². The molecule has 2 heterocycles. The highest BCUT2D eigenvalue weighted by atomic mass is 16.7. The van der Waals surface area contributed by atoms with Crippen molar-refractivity contribution < 1.29 is 23.7 Å². The molecule has 5 aliphatic rings. The highest BCUT2D eigenvalue weighted by Crippen LogP contribution is 2.65. The van der Waals surface area contributed by atoms with E-state index in [1.807, 2.05) is 30.3 Å². The molecule has 41 heavy (non-hydrogen) atoms. The zero-order valence-corrected chi connectivity index (χ0v) is 25.8. The number of hydrogen-bond acceptors (Lipinski definition) is 6. The van der Waals surface area contributed by atoms with Crippen LogP contribution in [0.25, 0.3) is 0 Å². The molecule has 9 heteroatoms. The zero-order chi connectivity index (χ0) is 29.5. The lowest BCUT2D eigenvalue weighted by Crippen LogP contribution is -2.65. The number of benzene rings is 1. The molecule has 3 saturated carbocycles. The van der Waals surface area contributed by atoms with Crippen molar-refractivity contribution in [1.82, 2.24) is 10.6 Å². The molecule has 2 bridgehead atoms. The fraction of sp³-hybridized carbons (Fsp3) is 0.719. The Balaban J connectivity index is 1.20. The van der Waals surface area contributed by atoms with Gasteiger partial charge in [-0.25, -0.2) is 0 Å². The van der Waals surface area contributed by atoms with Crippen LogP contribution in [0.15, 0.2) is 35.5 Å². The van der Waals surface area contributed by atoms with Crippen molar-refractivity contribution in [2.24, 2.45) is 34.2 Å². The van der Waals surface area contributed by atoms with Gasteiger partial charge < -0.3 is 24.8 Å². The quantitative estimate of drug-likeness (QED) is 0.379. The second-order valence-electron chi connectivity index (χ2n) is 14.4. The molecule has 8 nitrogen and oxygen atoms in total. The van der Waals surface area contributed by atoms with Crippen LogP contribution in [0.3, 0.4) is 0 Å². The third-order valence-electron chi connectivity index (χ3n) is 9.99. The second kappa shape index (κ2) is 11.7. The van der Waals surface area contributed by atoms with Crippen LogP contribution in [0.2, 0.25) is 0 Å². The normalized spacial score (nSPS) is 31.1. The molecule has 4 fully saturated rings. The van der Waals surface area contributed by atoms with E-state index in [2.05, 4.69) is 64.3 Å². The molecule has 3 aliphatic carbocycles. The molecule has 2 aliphatic heterocycles. The van der Waals surface area contributed by atoms with E-state index in [1.165, 1.54) is 6.42 Å². The van der Waals surface area contributed by atoms with E-state index in [9.17, 15) is 9.59 Å². The Hall–Kier alpha value is -2.39. The average molecular weight is 566 g/mol. The van der Waals surface area contributed by atoms with Crippen molar-refractivity contribution in [3.8, 4) is 0 Å². The Morgan fingerprint density at radius 2 is 1.73 bits per heavy atom. The maximum Gasteiger partial charge on any atom is 0.481 e. The SMILES string of the molecule is CC(C)C[C@H](NC(=O)C1CC([C@H](CC(C)C)NC(=O)Cc2ccccc2)=NO1)B1O[C@@H]2C[C@@H]3C[C@@H](C3(C)C)[C@]2(C)O1. The summed E-state index contributed by atoms with van der Waals surface area (Å²) in [4.78, 5) is 32.0. The van der Waals surface area contributed by atoms with Gasteiger partial charge in [-0.3, -0.25) is 9.59 Å². The maximum atomic E-state index is 13.5. The van der Waals surface area contributed by atoms with E-state index in [4.69, 9.17) is 14.1 Å². The molecule has 6 rings (SSSR count). The highest BCUT2D eigenvalue weighted by molar-refractivity contribution is 6.48. The van der Waals surface area contributed by atoms with Gasteiger partial charge in [0.2, 0.25) is 12.0 Å². The van der Waals surface area contributed by atoms with Gasteiger partial charge in [-0.05, 0) is 67.3 Å². The number of carbonyl (C=O) groups is 2. The lowest BCUT2D eigenvalue weighted by Gasteiger charge is -2.64. The molecule has 224 valence electrons. The zero-order valence-electron chi connectivity index (χ0n) is 25.8. The maximum absolute atomic E-state index is 13.5. The minimum atomic E-state index is -0.744. The molecule has 7 atom stereocenters. The number of rotatable bonds is 11. The largest absolute Gasteiger partial charge is 0.481 e. The number of hydrogen-bond donors (Lipinski definition) is 2. The van der Waals surface area contributed by atoms with Crippen LogP contribution < -0.4 is 10.6 Å². The summed E-state index contributed by atoms with van der Waals surface area (Å²) in [5.74, 6) is 1.24. The molecule has 0 aromatic heterocycles. The van der Waals surface area contributed by atoms with Gasteiger partial charge in [0.15, 0.2) is 0 Å². The number of amides is 2. The molecule has 2 amide bonds. The first kappa shape index (κ1) is 30.1. The number of nitrogens with one attached hydrogen (secondary N) is 2. The van der Waals surface area contributed by atoms with Crippen LogP contribution >= 0.6 is 0 Å². The van der Waals surface area contributed by atoms with Crippen molar-refractivity contribution >= 4 is 24.6 Å². The Labute approximate surface area is 245 Å². The van der Waals surface area contributed by atoms with Crippen molar-refractivity contribution in [2.45, 2.75) is 117 Å². The minimum Gasteiger partial charge on any atom is -0.404 e. The second-order valence-corrected chi connectivity index (χ2v) is 14.4. The van der Waals surface area contributed by atoms with E-state index in [1.54, 1.807) is 0 Å². The molecular formula is C32H48BN3O5. The van der Waals surface area contributed by atoms with E-state index in [0.29, 0.717) is 42.2 Å². The number of oxime groups is 1. The summed E-state index contributed by atoms with van der Waals surface area (Å²) in [6.45, 7) is 15.4. The van der Waals surface area contributed by atoms with E-state index in [-0.39, 0.29) is 40.9 Å². The molecule has 1 saturated heterocycles. The third kappa shape index (κ3) is 6.22. The fourth-order valence-corrected chi connectivity index (χ4v) is 7.61. The standard InChI is InChI=1S/C32H48BN3O5/c1-19(2)13-23(34-29(37)15-21-11-9-8-10-12-21)24-18-25(40-36-24)30(38)35-28(14-20(3)4)33-39-27-17-22-16-26(31(22,5)6)32(27,7)41-33/h8-12,19-20,22-23,25-28H,13-18H2,1-7H3,(H,34,37)(H,35,38)/t22-,23-,25?,26-,27+,28-,32-/m0/s1. The smallest absolute Gasteiger partial charge is 0.404 e. The van der Waals surface area contributed by atoms with Gasteiger partial charge in [-0.2, -0.15) is 0 Å². The Bertz CT molecular complexity index is 1140. The van der Waals surface area contributed by atoms with Gasteiger partial charge in [-0.1, -0.05) is 77.0 Å². The molecular weight excluding hydrogens is 517 g/mol. The molecule has 2 N–H and O–H groups in total. The van der Waals surface area contributed by atoms with Gasteiger partial charge in [0.1, 0.15) is 0 Å². The monoisotopic (exact) mass is 565 g/mol. The van der Waals surface area contributed by atoms with Gasteiger partial charge in [0, 0.05) is 6.42 Å². The Morgan fingerprint density at radius 3 is 2.39 bits per heavy atom. The van der Waals surface area contributed by atoms with E-state index in [0.717, 1.165) is 24.8 Å². The van der Waals surface area contributed by atoms with Crippen LogP contribution in [0, 0.1) is 29.1 Å². The van der Waals surface area contributed by atoms with Gasteiger partial charge in [0.05, 0.1) is 35.8 Å². The molecule has 0 radical (unpaired) electrons. The summed E-state index contributed by atoms with van der Waals surface area (Å²) in [7, 11) is -0.487. The first-order chi connectivity index (χ1) is 19.4. The summed E-state index contributed by atoms with van der Waals surface area (Å²) in [6, 6.07) is 9.40. The fourth-order valence-electron chi connectivity index (χ4n) is 7.61. The molecule has 0 spiro atoms. The van der Waals surface area contributed by atoms with Gasteiger partial charge >= 0.3 is 7.12 Å². The summed E-state index contributed by atoms with van der Waals surface area (Å²) in [6.07, 6.45) is 3.61. The lowest BCUT2D eigenvalue weighted by atomic mass is 9.43. The molecule has 1 aromatic carbocycles. The van der Waals surface area contributed by atoms with Crippen LogP contribution in [0.4, 0.5) is 0 Å². The van der Waals surface area contributed by atoms with Gasteiger partial charge in [0.25, 0.3) is 5.91 Å². The van der Waals surface area contributed by atoms with Crippen LogP contribution in [0.1, 0.15) is 86.1 Å². The molecule has 1 aromatic rings. The van der Waals surface area contributed by atoms with Crippen molar-refractivity contribution in [3.63, 3.8) is 0 Å². The van der Waals surface area contributed by atoms with Crippen molar-refractivity contribution in [2.75, 3.05) is 0 Å². The summed E-state index contributed by atoms with van der Waals surface area (Å²) in [5, 5.41) is 10.6. The van der Waals surface area contributed by atoms with E-state index < -0.39 is 13.2 Å². The van der Waals surface area contributed by atoms with Crippen LogP contribution in [-0.2, 0) is 30.2 Å². The third-order valence-corrected chi connectivity index (χ3v) is 9.99. The van der Waals surface area contributed by atoms with Crippen molar-refractivity contribution in [1.29, 1.82) is 0 Å². The summed E-state index contributed by atoms with van der Waals surface area (Å²) < 4.78 is 13.2. The Kier molecular flexibility index (Phi) is 8.59. The summed E-state index contributed by atoms with van der Waals surface area (Å²) >= 11 is 0. The summed E-state index contributed by atoms with van der Waals surface area (Å²) in [5.41, 5.74) is 1.59. The lowest BCUT2D eigenvalue weighted by molar-refractivity contribution is -0.199. The highest BCUT2D eigenvalue weighted by Gasteiger charge is 2.68. The number of carbonyl (C=O) groups excluding carboxylic acids is 2. The average Bonchev–Trinajstić information content (AvgIpc) is 3.52. The predicted octanol–water partition coefficient (Wildman–Crippen LogP) is 4.70. The Morgan fingerprint density at radius 1 is 1.02 bits per heavy atom. The predicted molar refractivity (Wildman–Crippen MR) is 160 cm³/mol. The number of nitrogens with zero attached hydrogens (tertiary/aromatic N) is 1. The van der Waals surface area contributed by atoms with E-state index >= 15 is 0 Å². The molecule has 1 unspecified atom stereocenters.